The molecular formula is C16H32N2O2. The number of amides is 1. The van der Waals surface area contributed by atoms with Crippen molar-refractivity contribution in [1.29, 1.82) is 0 Å². The number of carbonyl (C=O) groups is 1. The lowest BCUT2D eigenvalue weighted by atomic mass is 10.1. The van der Waals surface area contributed by atoms with Gasteiger partial charge in [0, 0.05) is 26.1 Å². The number of likely N-dealkylation sites (tertiary alicyclic amines) is 1. The Hall–Kier alpha value is -0.610. The maximum Gasteiger partial charge on any atom is 0.222 e. The van der Waals surface area contributed by atoms with Crippen molar-refractivity contribution in [3.8, 4) is 0 Å². The molecule has 20 heavy (non-hydrogen) atoms. The van der Waals surface area contributed by atoms with Crippen molar-refractivity contribution in [1.82, 2.24) is 4.90 Å². The maximum atomic E-state index is 12.1. The molecule has 0 saturated carbocycles. The van der Waals surface area contributed by atoms with Gasteiger partial charge < -0.3 is 15.4 Å². The SMILES string of the molecule is CCCCCCCC(=O)N1CCC(OCCCN)CC1. The van der Waals surface area contributed by atoms with Gasteiger partial charge in [0.05, 0.1) is 6.10 Å². The highest BCUT2D eigenvalue weighted by Crippen LogP contribution is 2.16. The quantitative estimate of drug-likeness (QED) is 0.628. The van der Waals surface area contributed by atoms with E-state index in [1.165, 1.54) is 25.7 Å². The average molecular weight is 284 g/mol. The van der Waals surface area contributed by atoms with Gasteiger partial charge in [0.2, 0.25) is 5.91 Å². The van der Waals surface area contributed by atoms with E-state index in [9.17, 15) is 4.79 Å². The predicted octanol–water partition coefficient (Wildman–Crippen LogP) is 2.70. The van der Waals surface area contributed by atoms with Crippen LogP contribution < -0.4 is 5.73 Å². The van der Waals surface area contributed by atoms with Gasteiger partial charge in [0.15, 0.2) is 0 Å². The second-order valence-corrected chi connectivity index (χ2v) is 5.76. The summed E-state index contributed by atoms with van der Waals surface area (Å²) in [5.74, 6) is 0.335. The van der Waals surface area contributed by atoms with Gasteiger partial charge in [-0.3, -0.25) is 4.79 Å². The molecule has 1 fully saturated rings. The van der Waals surface area contributed by atoms with Crippen molar-refractivity contribution in [2.24, 2.45) is 5.73 Å². The monoisotopic (exact) mass is 284 g/mol. The summed E-state index contributed by atoms with van der Waals surface area (Å²) in [7, 11) is 0. The zero-order chi connectivity index (χ0) is 14.6. The summed E-state index contributed by atoms with van der Waals surface area (Å²) in [5, 5.41) is 0. The molecule has 0 aromatic rings. The first kappa shape index (κ1) is 17.4. The molecule has 4 nitrogen and oxygen atoms in total. The Labute approximate surface area is 124 Å². The lowest BCUT2D eigenvalue weighted by molar-refractivity contribution is -0.134. The molecule has 1 aliphatic heterocycles. The minimum Gasteiger partial charge on any atom is -0.378 e. The molecule has 1 heterocycles. The highest BCUT2D eigenvalue weighted by molar-refractivity contribution is 5.76. The Morgan fingerprint density at radius 3 is 2.50 bits per heavy atom. The van der Waals surface area contributed by atoms with E-state index in [2.05, 4.69) is 6.92 Å². The van der Waals surface area contributed by atoms with E-state index >= 15 is 0 Å². The first-order valence-corrected chi connectivity index (χ1v) is 8.37. The van der Waals surface area contributed by atoms with E-state index in [4.69, 9.17) is 10.5 Å². The van der Waals surface area contributed by atoms with E-state index in [1.807, 2.05) is 4.90 Å². The number of hydrogen-bond donors (Lipinski definition) is 1. The summed E-state index contributed by atoms with van der Waals surface area (Å²) in [6.45, 7) is 5.38. The maximum absolute atomic E-state index is 12.1. The summed E-state index contributed by atoms with van der Waals surface area (Å²) < 4.78 is 5.76. The molecule has 1 rings (SSSR count). The van der Waals surface area contributed by atoms with Crippen molar-refractivity contribution in [2.75, 3.05) is 26.2 Å². The van der Waals surface area contributed by atoms with Crippen LogP contribution in [0.3, 0.4) is 0 Å². The molecule has 1 amide bonds. The zero-order valence-electron chi connectivity index (χ0n) is 13.1. The largest absolute Gasteiger partial charge is 0.378 e. The first-order chi connectivity index (χ1) is 9.77. The predicted molar refractivity (Wildman–Crippen MR) is 82.6 cm³/mol. The van der Waals surface area contributed by atoms with E-state index in [-0.39, 0.29) is 0 Å². The van der Waals surface area contributed by atoms with E-state index in [0.717, 1.165) is 51.8 Å². The molecule has 0 aliphatic carbocycles. The molecule has 0 unspecified atom stereocenters. The molecule has 0 aromatic carbocycles. The van der Waals surface area contributed by atoms with Crippen LogP contribution in [0.1, 0.15) is 64.7 Å². The third-order valence-corrected chi connectivity index (χ3v) is 3.99. The number of unbranched alkanes of at least 4 members (excludes halogenated alkanes) is 4. The Morgan fingerprint density at radius 2 is 1.85 bits per heavy atom. The third kappa shape index (κ3) is 7.25. The van der Waals surface area contributed by atoms with Gasteiger partial charge in [-0.1, -0.05) is 32.6 Å². The van der Waals surface area contributed by atoms with Crippen LogP contribution in [0.25, 0.3) is 0 Å². The van der Waals surface area contributed by atoms with Gasteiger partial charge in [-0.15, -0.1) is 0 Å². The van der Waals surface area contributed by atoms with Crippen LogP contribution in [0, 0.1) is 0 Å². The highest BCUT2D eigenvalue weighted by Gasteiger charge is 2.22. The molecule has 1 saturated heterocycles. The van der Waals surface area contributed by atoms with Crippen LogP contribution in [-0.4, -0.2) is 43.2 Å². The molecule has 1 aliphatic rings. The number of nitrogens with zero attached hydrogens (tertiary/aromatic N) is 1. The number of nitrogens with two attached hydrogens (primary N) is 1. The lowest BCUT2D eigenvalue weighted by Gasteiger charge is -2.32. The molecule has 0 atom stereocenters. The van der Waals surface area contributed by atoms with Gasteiger partial charge in [0.25, 0.3) is 0 Å². The van der Waals surface area contributed by atoms with Crippen LogP contribution in [0.15, 0.2) is 0 Å². The number of hydrogen-bond acceptors (Lipinski definition) is 3. The van der Waals surface area contributed by atoms with Crippen LogP contribution in [0.2, 0.25) is 0 Å². The Kier molecular flexibility index (Phi) is 9.67. The fourth-order valence-corrected chi connectivity index (χ4v) is 2.64. The minimum atomic E-state index is 0.329. The Bertz CT molecular complexity index is 251. The highest BCUT2D eigenvalue weighted by atomic mass is 16.5. The van der Waals surface area contributed by atoms with E-state index in [0.29, 0.717) is 18.6 Å². The fraction of sp³-hybridized carbons (Fsp3) is 0.938. The van der Waals surface area contributed by atoms with Crippen molar-refractivity contribution < 1.29 is 9.53 Å². The number of carbonyl (C=O) groups excluding carboxylic acids is 1. The van der Waals surface area contributed by atoms with Gasteiger partial charge in [-0.2, -0.15) is 0 Å². The van der Waals surface area contributed by atoms with Gasteiger partial charge in [-0.25, -0.2) is 0 Å². The zero-order valence-corrected chi connectivity index (χ0v) is 13.1. The second-order valence-electron chi connectivity index (χ2n) is 5.76. The minimum absolute atomic E-state index is 0.329. The molecule has 0 radical (unpaired) electrons. The van der Waals surface area contributed by atoms with Crippen LogP contribution in [0.5, 0.6) is 0 Å². The van der Waals surface area contributed by atoms with Crippen molar-refractivity contribution in [3.05, 3.63) is 0 Å². The standard InChI is InChI=1S/C16H32N2O2/c1-2-3-4-5-6-8-16(19)18-12-9-15(10-13-18)20-14-7-11-17/h15H,2-14,17H2,1H3. The summed E-state index contributed by atoms with van der Waals surface area (Å²) in [6.07, 6.45) is 9.99. The Balaban J connectivity index is 2.06. The van der Waals surface area contributed by atoms with Crippen LogP contribution >= 0.6 is 0 Å². The van der Waals surface area contributed by atoms with Gasteiger partial charge >= 0.3 is 0 Å². The summed E-state index contributed by atoms with van der Waals surface area (Å²) >= 11 is 0. The average Bonchev–Trinajstić information content (AvgIpc) is 2.48. The van der Waals surface area contributed by atoms with Crippen molar-refractivity contribution >= 4 is 5.91 Å². The van der Waals surface area contributed by atoms with Gasteiger partial charge in [-0.05, 0) is 32.2 Å². The van der Waals surface area contributed by atoms with Crippen molar-refractivity contribution in [2.45, 2.75) is 70.8 Å². The third-order valence-electron chi connectivity index (χ3n) is 3.99. The molecule has 2 N–H and O–H groups in total. The normalized spacial score (nSPS) is 16.6. The second kappa shape index (κ2) is 11.1. The molecule has 118 valence electrons. The summed E-state index contributed by atoms with van der Waals surface area (Å²) in [5.41, 5.74) is 5.45. The molecule has 0 aromatic heterocycles. The molecular weight excluding hydrogens is 252 g/mol. The van der Waals surface area contributed by atoms with Crippen LogP contribution in [-0.2, 0) is 9.53 Å². The summed E-state index contributed by atoms with van der Waals surface area (Å²) in [6, 6.07) is 0. The van der Waals surface area contributed by atoms with E-state index < -0.39 is 0 Å². The summed E-state index contributed by atoms with van der Waals surface area (Å²) in [4.78, 5) is 14.1. The number of piperidine rings is 1. The molecule has 0 spiro atoms. The molecule has 0 bridgehead atoms. The fourth-order valence-electron chi connectivity index (χ4n) is 2.64. The topological polar surface area (TPSA) is 55.6 Å². The number of rotatable bonds is 10. The first-order valence-electron chi connectivity index (χ1n) is 8.37. The smallest absolute Gasteiger partial charge is 0.222 e. The van der Waals surface area contributed by atoms with Crippen molar-refractivity contribution in [3.63, 3.8) is 0 Å². The molecule has 4 heteroatoms. The van der Waals surface area contributed by atoms with Gasteiger partial charge in [0.1, 0.15) is 0 Å². The Morgan fingerprint density at radius 1 is 1.15 bits per heavy atom. The number of ether oxygens (including phenoxy) is 1. The van der Waals surface area contributed by atoms with E-state index in [1.54, 1.807) is 0 Å². The van der Waals surface area contributed by atoms with Crippen LogP contribution in [0.4, 0.5) is 0 Å². The lowest BCUT2D eigenvalue weighted by Crippen LogP contribution is -2.40.